The Balaban J connectivity index is 2.82. The standard InChI is InChI=1S/C18H26N2/c1-6-14(3)12-20-16(5)15(4)18-10-8-17(9-11-18)13-19-7-2/h7-12,14,19H,2,6,13H2,1,3-5H3/b16-15+,20-12?. The molecule has 2 nitrogen and oxygen atoms in total. The number of nitrogens with zero attached hydrogens (tertiary/aromatic N) is 1. The lowest BCUT2D eigenvalue weighted by molar-refractivity contribution is 0.753. The average molecular weight is 270 g/mol. The van der Waals surface area contributed by atoms with Crippen LogP contribution in [0.3, 0.4) is 0 Å². The van der Waals surface area contributed by atoms with E-state index in [9.17, 15) is 0 Å². The molecule has 0 saturated carbocycles. The molecular formula is C18H26N2. The molecule has 1 aromatic carbocycles. The quantitative estimate of drug-likeness (QED) is 0.708. The fraction of sp³-hybridized carbons (Fsp3) is 0.389. The molecule has 1 unspecified atom stereocenters. The Bertz CT molecular complexity index is 481. The van der Waals surface area contributed by atoms with Gasteiger partial charge in [0.25, 0.3) is 0 Å². The summed E-state index contributed by atoms with van der Waals surface area (Å²) in [5.41, 5.74) is 4.79. The van der Waals surface area contributed by atoms with E-state index in [1.165, 1.54) is 16.7 Å². The minimum Gasteiger partial charge on any atom is -0.387 e. The van der Waals surface area contributed by atoms with E-state index in [-0.39, 0.29) is 0 Å². The van der Waals surface area contributed by atoms with Gasteiger partial charge < -0.3 is 5.32 Å². The first-order valence-electron chi connectivity index (χ1n) is 7.23. The van der Waals surface area contributed by atoms with Crippen LogP contribution in [0.4, 0.5) is 0 Å². The molecule has 108 valence electrons. The van der Waals surface area contributed by atoms with Crippen molar-refractivity contribution in [2.45, 2.75) is 40.7 Å². The van der Waals surface area contributed by atoms with Crippen molar-refractivity contribution >= 4 is 11.8 Å². The molecule has 0 aliphatic rings. The third-order valence-electron chi connectivity index (χ3n) is 3.55. The van der Waals surface area contributed by atoms with Crippen LogP contribution in [0.5, 0.6) is 0 Å². The number of aliphatic imine (C=N–C) groups is 1. The highest BCUT2D eigenvalue weighted by molar-refractivity contribution is 5.70. The maximum absolute atomic E-state index is 4.57. The predicted molar refractivity (Wildman–Crippen MR) is 89.7 cm³/mol. The fourth-order valence-corrected chi connectivity index (χ4v) is 1.71. The first kappa shape index (κ1) is 16.2. The van der Waals surface area contributed by atoms with E-state index in [2.05, 4.69) is 68.8 Å². The topological polar surface area (TPSA) is 24.4 Å². The third-order valence-corrected chi connectivity index (χ3v) is 3.55. The van der Waals surface area contributed by atoms with Crippen LogP contribution in [0.2, 0.25) is 0 Å². The molecule has 0 heterocycles. The molecule has 0 aliphatic carbocycles. The molecule has 0 bridgehead atoms. The van der Waals surface area contributed by atoms with E-state index in [0.717, 1.165) is 18.7 Å². The minimum absolute atomic E-state index is 0.533. The second-order valence-corrected chi connectivity index (χ2v) is 5.16. The number of hydrogen-bond donors (Lipinski definition) is 1. The van der Waals surface area contributed by atoms with Crippen LogP contribution < -0.4 is 5.32 Å². The SMILES string of the molecule is C=CNCc1ccc(/C(C)=C(\C)N=CC(C)CC)cc1. The molecule has 1 rings (SSSR count). The molecule has 0 radical (unpaired) electrons. The van der Waals surface area contributed by atoms with Crippen molar-refractivity contribution in [1.82, 2.24) is 5.32 Å². The lowest BCUT2D eigenvalue weighted by Gasteiger charge is -2.07. The summed E-state index contributed by atoms with van der Waals surface area (Å²) < 4.78 is 0. The van der Waals surface area contributed by atoms with Crippen molar-refractivity contribution in [3.63, 3.8) is 0 Å². The lowest BCUT2D eigenvalue weighted by Crippen LogP contribution is -2.03. The molecule has 0 aromatic heterocycles. The van der Waals surface area contributed by atoms with Crippen LogP contribution in [0.25, 0.3) is 5.57 Å². The lowest BCUT2D eigenvalue weighted by atomic mass is 10.0. The maximum atomic E-state index is 4.57. The van der Waals surface area contributed by atoms with Crippen molar-refractivity contribution in [3.8, 4) is 0 Å². The summed E-state index contributed by atoms with van der Waals surface area (Å²) in [6.45, 7) is 13.0. The Kier molecular flexibility index (Phi) is 6.78. The third kappa shape index (κ3) is 5.04. The first-order chi connectivity index (χ1) is 9.58. The van der Waals surface area contributed by atoms with E-state index in [1.807, 2.05) is 6.21 Å². The molecule has 1 atom stereocenters. The molecule has 0 fully saturated rings. The number of nitrogens with one attached hydrogen (secondary N) is 1. The Morgan fingerprint density at radius 3 is 2.50 bits per heavy atom. The molecule has 0 saturated heterocycles. The highest BCUT2D eigenvalue weighted by Crippen LogP contribution is 2.19. The van der Waals surface area contributed by atoms with Gasteiger partial charge >= 0.3 is 0 Å². The van der Waals surface area contributed by atoms with Crippen molar-refractivity contribution < 1.29 is 0 Å². The van der Waals surface area contributed by atoms with Gasteiger partial charge in [-0.1, -0.05) is 44.7 Å². The van der Waals surface area contributed by atoms with Crippen LogP contribution in [-0.2, 0) is 6.54 Å². The summed E-state index contributed by atoms with van der Waals surface area (Å²) >= 11 is 0. The first-order valence-corrected chi connectivity index (χ1v) is 7.23. The van der Waals surface area contributed by atoms with Gasteiger partial charge in [0.2, 0.25) is 0 Å². The van der Waals surface area contributed by atoms with Gasteiger partial charge in [-0.25, -0.2) is 0 Å². The van der Waals surface area contributed by atoms with Crippen LogP contribution in [0.15, 0.2) is 47.7 Å². The molecule has 0 amide bonds. The van der Waals surface area contributed by atoms with Gasteiger partial charge in [-0.3, -0.25) is 4.99 Å². The normalized spacial score (nSPS) is 14.0. The molecular weight excluding hydrogens is 244 g/mol. The number of hydrogen-bond acceptors (Lipinski definition) is 2. The molecule has 0 aliphatic heterocycles. The molecule has 1 N–H and O–H groups in total. The Morgan fingerprint density at radius 1 is 1.30 bits per heavy atom. The van der Waals surface area contributed by atoms with E-state index < -0.39 is 0 Å². The second kappa shape index (κ2) is 8.36. The van der Waals surface area contributed by atoms with Crippen LogP contribution in [0.1, 0.15) is 45.2 Å². The average Bonchev–Trinajstić information content (AvgIpc) is 2.49. The Hall–Kier alpha value is -1.83. The molecule has 20 heavy (non-hydrogen) atoms. The summed E-state index contributed by atoms with van der Waals surface area (Å²) in [6.07, 6.45) is 4.88. The zero-order valence-electron chi connectivity index (χ0n) is 13.1. The number of rotatable bonds is 7. The van der Waals surface area contributed by atoms with Crippen LogP contribution >= 0.6 is 0 Å². The minimum atomic E-state index is 0.533. The number of allylic oxidation sites excluding steroid dienone is 2. The fourth-order valence-electron chi connectivity index (χ4n) is 1.71. The highest BCUT2D eigenvalue weighted by Gasteiger charge is 2.01. The van der Waals surface area contributed by atoms with Gasteiger partial charge in [-0.15, -0.1) is 0 Å². The van der Waals surface area contributed by atoms with Gasteiger partial charge in [0, 0.05) is 18.5 Å². The van der Waals surface area contributed by atoms with E-state index in [4.69, 9.17) is 0 Å². The second-order valence-electron chi connectivity index (χ2n) is 5.16. The van der Waals surface area contributed by atoms with E-state index in [0.29, 0.717) is 5.92 Å². The highest BCUT2D eigenvalue weighted by atomic mass is 14.8. The Labute approximate surface area is 123 Å². The van der Waals surface area contributed by atoms with Crippen molar-refractivity contribution in [3.05, 3.63) is 53.9 Å². The molecule has 0 spiro atoms. The van der Waals surface area contributed by atoms with Gasteiger partial charge in [0.05, 0.1) is 0 Å². The van der Waals surface area contributed by atoms with E-state index >= 15 is 0 Å². The predicted octanol–water partition coefficient (Wildman–Crippen LogP) is 4.79. The smallest absolute Gasteiger partial charge is 0.0403 e. The Morgan fingerprint density at radius 2 is 1.95 bits per heavy atom. The maximum Gasteiger partial charge on any atom is 0.0403 e. The van der Waals surface area contributed by atoms with Crippen LogP contribution in [0, 0.1) is 5.92 Å². The van der Waals surface area contributed by atoms with Crippen molar-refractivity contribution in [2.24, 2.45) is 10.9 Å². The summed E-state index contributed by atoms with van der Waals surface area (Å²) in [7, 11) is 0. The summed E-state index contributed by atoms with van der Waals surface area (Å²) in [6, 6.07) is 8.58. The van der Waals surface area contributed by atoms with Gasteiger partial charge in [0.1, 0.15) is 0 Å². The zero-order chi connectivity index (χ0) is 15.0. The van der Waals surface area contributed by atoms with Gasteiger partial charge in [-0.05, 0) is 49.1 Å². The molecule has 1 aromatic rings. The van der Waals surface area contributed by atoms with Crippen LogP contribution in [-0.4, -0.2) is 6.21 Å². The number of benzene rings is 1. The van der Waals surface area contributed by atoms with Crippen molar-refractivity contribution in [1.29, 1.82) is 0 Å². The zero-order valence-corrected chi connectivity index (χ0v) is 13.1. The largest absolute Gasteiger partial charge is 0.387 e. The summed E-state index contributed by atoms with van der Waals surface area (Å²) in [4.78, 5) is 4.57. The summed E-state index contributed by atoms with van der Waals surface area (Å²) in [5, 5.41) is 3.10. The van der Waals surface area contributed by atoms with Crippen molar-refractivity contribution in [2.75, 3.05) is 0 Å². The summed E-state index contributed by atoms with van der Waals surface area (Å²) in [5.74, 6) is 0.533. The monoisotopic (exact) mass is 270 g/mol. The molecule has 2 heteroatoms. The van der Waals surface area contributed by atoms with E-state index in [1.54, 1.807) is 6.20 Å². The van der Waals surface area contributed by atoms with Gasteiger partial charge in [-0.2, -0.15) is 0 Å². The van der Waals surface area contributed by atoms with Gasteiger partial charge in [0.15, 0.2) is 0 Å².